The number of rotatable bonds is 4. The van der Waals surface area contributed by atoms with Gasteiger partial charge < -0.3 is 15.6 Å². The number of hydrogen-bond acceptors (Lipinski definition) is 3. The van der Waals surface area contributed by atoms with Crippen molar-refractivity contribution >= 4 is 11.0 Å². The van der Waals surface area contributed by atoms with Gasteiger partial charge in [0.2, 0.25) is 0 Å². The van der Waals surface area contributed by atoms with Crippen LogP contribution >= 0.6 is 0 Å². The van der Waals surface area contributed by atoms with Crippen molar-refractivity contribution in [2.45, 2.75) is 25.9 Å². The van der Waals surface area contributed by atoms with E-state index in [2.05, 4.69) is 16.8 Å². The molecule has 0 spiro atoms. The number of para-hydroxylation sites is 2. The maximum absolute atomic E-state index is 11.9. The summed E-state index contributed by atoms with van der Waals surface area (Å²) >= 11 is 0. The van der Waals surface area contributed by atoms with Crippen LogP contribution in [0, 0.1) is 5.92 Å². The monoisotopic (exact) mass is 274 g/mol. The maximum atomic E-state index is 11.9. The smallest absolute Gasteiger partial charge is 0.326 e. The van der Waals surface area contributed by atoms with E-state index in [-0.39, 0.29) is 5.69 Å². The average molecular weight is 274 g/mol. The lowest BCUT2D eigenvalue weighted by atomic mass is 10.1. The molecule has 1 aliphatic heterocycles. The van der Waals surface area contributed by atoms with Crippen LogP contribution < -0.4 is 11.4 Å². The third-order valence-electron chi connectivity index (χ3n) is 4.28. The molecule has 0 radical (unpaired) electrons. The largest absolute Gasteiger partial charge is 0.326 e. The third-order valence-corrected chi connectivity index (χ3v) is 4.28. The van der Waals surface area contributed by atoms with Crippen molar-refractivity contribution in [2.75, 3.05) is 19.6 Å². The fourth-order valence-electron chi connectivity index (χ4n) is 3.06. The van der Waals surface area contributed by atoms with E-state index < -0.39 is 0 Å². The van der Waals surface area contributed by atoms with Crippen molar-refractivity contribution in [1.29, 1.82) is 0 Å². The number of imidazole rings is 1. The highest BCUT2D eigenvalue weighted by Gasteiger charge is 2.25. The van der Waals surface area contributed by atoms with Crippen LogP contribution in [0.25, 0.3) is 11.0 Å². The molecule has 108 valence electrons. The summed E-state index contributed by atoms with van der Waals surface area (Å²) in [4.78, 5) is 17.2. The van der Waals surface area contributed by atoms with Gasteiger partial charge in [-0.3, -0.25) is 4.57 Å². The minimum Gasteiger partial charge on any atom is -0.326 e. The fraction of sp³-hybridized carbons (Fsp3) is 0.533. The van der Waals surface area contributed by atoms with E-state index in [1.165, 1.54) is 0 Å². The predicted octanol–water partition coefficient (Wildman–Crippen LogP) is 0.999. The maximum Gasteiger partial charge on any atom is 0.326 e. The Bertz CT molecular complexity index is 635. The van der Waals surface area contributed by atoms with E-state index in [4.69, 9.17) is 5.73 Å². The Kier molecular flexibility index (Phi) is 3.63. The summed E-state index contributed by atoms with van der Waals surface area (Å²) in [5.74, 6) is 0.575. The number of aryl methyl sites for hydroxylation is 1. The van der Waals surface area contributed by atoms with Crippen molar-refractivity contribution in [3.8, 4) is 0 Å². The second-order valence-electron chi connectivity index (χ2n) is 5.85. The number of fused-ring (bicyclic) bond motifs is 1. The van der Waals surface area contributed by atoms with Crippen LogP contribution in [0.15, 0.2) is 29.1 Å². The number of nitrogens with zero attached hydrogens (tertiary/aromatic N) is 2. The topological polar surface area (TPSA) is 67.0 Å². The Labute approximate surface area is 118 Å². The van der Waals surface area contributed by atoms with Crippen molar-refractivity contribution in [1.82, 2.24) is 14.5 Å². The summed E-state index contributed by atoms with van der Waals surface area (Å²) in [6, 6.07) is 8.13. The van der Waals surface area contributed by atoms with E-state index >= 15 is 0 Å². The molecule has 5 heteroatoms. The van der Waals surface area contributed by atoms with Crippen molar-refractivity contribution in [3.05, 3.63) is 34.7 Å². The summed E-state index contributed by atoms with van der Waals surface area (Å²) in [7, 11) is 0. The molecule has 1 aliphatic rings. The number of H-pyrrole nitrogens is 1. The number of aromatic amines is 1. The first-order chi connectivity index (χ1) is 9.65. The van der Waals surface area contributed by atoms with Gasteiger partial charge >= 0.3 is 5.69 Å². The number of likely N-dealkylation sites (tertiary alicyclic amines) is 1. The SMILES string of the molecule is CC1CN(CCCn2c(=O)[nH]c3ccccc32)CC1N. The molecule has 5 nitrogen and oxygen atoms in total. The summed E-state index contributed by atoms with van der Waals surface area (Å²) < 4.78 is 1.83. The van der Waals surface area contributed by atoms with Crippen molar-refractivity contribution in [3.63, 3.8) is 0 Å². The molecule has 1 aromatic carbocycles. The van der Waals surface area contributed by atoms with Crippen molar-refractivity contribution < 1.29 is 0 Å². The van der Waals surface area contributed by atoms with E-state index in [0.717, 1.165) is 43.6 Å². The Hall–Kier alpha value is -1.59. The van der Waals surface area contributed by atoms with Gasteiger partial charge in [0.05, 0.1) is 11.0 Å². The van der Waals surface area contributed by atoms with Crippen LogP contribution in [0.4, 0.5) is 0 Å². The molecule has 20 heavy (non-hydrogen) atoms. The fourth-order valence-corrected chi connectivity index (χ4v) is 3.06. The Balaban J connectivity index is 1.63. The zero-order valence-corrected chi connectivity index (χ0v) is 11.9. The minimum absolute atomic E-state index is 0.0160. The highest BCUT2D eigenvalue weighted by Crippen LogP contribution is 2.15. The van der Waals surface area contributed by atoms with Crippen LogP contribution in [-0.4, -0.2) is 40.1 Å². The molecule has 2 aromatic rings. The molecule has 2 unspecified atom stereocenters. The molecule has 0 saturated carbocycles. The molecule has 1 fully saturated rings. The first kappa shape index (κ1) is 13.4. The number of hydrogen-bond donors (Lipinski definition) is 2. The molecular formula is C15H22N4O. The Morgan fingerprint density at radius 3 is 2.85 bits per heavy atom. The van der Waals surface area contributed by atoms with Crippen LogP contribution in [0.3, 0.4) is 0 Å². The first-order valence-electron chi connectivity index (χ1n) is 7.30. The minimum atomic E-state index is -0.0160. The second kappa shape index (κ2) is 5.42. The molecule has 2 atom stereocenters. The molecule has 0 amide bonds. The van der Waals surface area contributed by atoms with Crippen LogP contribution in [0.1, 0.15) is 13.3 Å². The molecule has 2 heterocycles. The normalized spacial score (nSPS) is 23.7. The molecule has 0 bridgehead atoms. The summed E-state index contributed by atoms with van der Waals surface area (Å²) in [6.07, 6.45) is 0.973. The van der Waals surface area contributed by atoms with Gasteiger partial charge in [-0.1, -0.05) is 19.1 Å². The molecule has 1 aromatic heterocycles. The van der Waals surface area contributed by atoms with Gasteiger partial charge in [-0.15, -0.1) is 0 Å². The molecule has 3 rings (SSSR count). The first-order valence-corrected chi connectivity index (χ1v) is 7.30. The van der Waals surface area contributed by atoms with Gasteiger partial charge in [-0.2, -0.15) is 0 Å². The molecular weight excluding hydrogens is 252 g/mol. The van der Waals surface area contributed by atoms with Gasteiger partial charge in [0.15, 0.2) is 0 Å². The van der Waals surface area contributed by atoms with Gasteiger partial charge in [0, 0.05) is 25.7 Å². The average Bonchev–Trinajstić information content (AvgIpc) is 2.91. The lowest BCUT2D eigenvalue weighted by Crippen LogP contribution is -2.29. The summed E-state index contributed by atoms with van der Waals surface area (Å²) in [6.45, 7) is 6.01. The molecule has 1 saturated heterocycles. The predicted molar refractivity (Wildman–Crippen MR) is 80.8 cm³/mol. The zero-order valence-electron chi connectivity index (χ0n) is 11.9. The van der Waals surface area contributed by atoms with Crippen LogP contribution in [0.2, 0.25) is 0 Å². The van der Waals surface area contributed by atoms with Gasteiger partial charge in [0.1, 0.15) is 0 Å². The number of nitrogens with two attached hydrogens (primary N) is 1. The highest BCUT2D eigenvalue weighted by atomic mass is 16.1. The number of benzene rings is 1. The lowest BCUT2D eigenvalue weighted by molar-refractivity contribution is 0.314. The standard InChI is InChI=1S/C15H22N4O/c1-11-9-18(10-12(11)16)7-4-8-19-14-6-3-2-5-13(14)17-15(19)20/h2-3,5-6,11-12H,4,7-10,16H2,1H3,(H,17,20). The quantitative estimate of drug-likeness (QED) is 0.874. The van der Waals surface area contributed by atoms with E-state index in [9.17, 15) is 4.79 Å². The summed E-state index contributed by atoms with van der Waals surface area (Å²) in [5, 5.41) is 0. The van der Waals surface area contributed by atoms with E-state index in [1.54, 1.807) is 0 Å². The van der Waals surface area contributed by atoms with E-state index in [1.807, 2.05) is 28.8 Å². The van der Waals surface area contributed by atoms with Gasteiger partial charge in [0.25, 0.3) is 0 Å². The van der Waals surface area contributed by atoms with Crippen LogP contribution in [-0.2, 0) is 6.54 Å². The lowest BCUT2D eigenvalue weighted by Gasteiger charge is -2.15. The Morgan fingerprint density at radius 1 is 1.30 bits per heavy atom. The molecule has 3 N–H and O–H groups in total. The zero-order chi connectivity index (χ0) is 14.1. The third kappa shape index (κ3) is 2.51. The Morgan fingerprint density at radius 2 is 2.10 bits per heavy atom. The second-order valence-corrected chi connectivity index (χ2v) is 5.85. The van der Waals surface area contributed by atoms with E-state index in [0.29, 0.717) is 12.0 Å². The summed E-state index contributed by atoms with van der Waals surface area (Å²) in [5.41, 5.74) is 7.92. The van der Waals surface area contributed by atoms with Gasteiger partial charge in [-0.25, -0.2) is 4.79 Å². The number of aromatic nitrogens is 2. The van der Waals surface area contributed by atoms with Gasteiger partial charge in [-0.05, 0) is 31.0 Å². The van der Waals surface area contributed by atoms with Crippen LogP contribution in [0.5, 0.6) is 0 Å². The molecule has 0 aliphatic carbocycles. The highest BCUT2D eigenvalue weighted by molar-refractivity contribution is 5.74. The number of nitrogens with one attached hydrogen (secondary N) is 1. The van der Waals surface area contributed by atoms with Crippen molar-refractivity contribution in [2.24, 2.45) is 11.7 Å².